The van der Waals surface area contributed by atoms with Gasteiger partial charge in [-0.25, -0.2) is 0 Å². The molecule has 0 aromatic heterocycles. The van der Waals surface area contributed by atoms with Crippen molar-refractivity contribution in [3.05, 3.63) is 65.7 Å². The van der Waals surface area contributed by atoms with E-state index in [0.717, 1.165) is 11.8 Å². The van der Waals surface area contributed by atoms with Crippen molar-refractivity contribution in [2.75, 3.05) is 7.11 Å². The zero-order chi connectivity index (χ0) is 15.1. The highest BCUT2D eigenvalue weighted by Gasteiger charge is 2.16. The molecule has 21 heavy (non-hydrogen) atoms. The van der Waals surface area contributed by atoms with Crippen LogP contribution in [0.1, 0.15) is 15.9 Å². The van der Waals surface area contributed by atoms with Crippen LogP contribution in [-0.4, -0.2) is 25.3 Å². The Morgan fingerprint density at radius 2 is 1.81 bits per heavy atom. The summed E-state index contributed by atoms with van der Waals surface area (Å²) in [6.07, 6.45) is 1.21. The number of hydrogen-bond acceptors (Lipinski definition) is 3. The number of methoxy groups -OCH3 is 1. The smallest absolute Gasteiger partial charge is 0.255 e. The van der Waals surface area contributed by atoms with Crippen molar-refractivity contribution in [3.63, 3.8) is 0 Å². The highest BCUT2D eigenvalue weighted by Crippen LogP contribution is 2.17. The molecule has 0 saturated carbocycles. The van der Waals surface area contributed by atoms with E-state index in [2.05, 4.69) is 5.32 Å². The number of ether oxygens (including phenoxy) is 1. The third-order valence-electron chi connectivity index (χ3n) is 3.13. The lowest BCUT2D eigenvalue weighted by atomic mass is 10.1. The van der Waals surface area contributed by atoms with Crippen LogP contribution in [0.25, 0.3) is 0 Å². The van der Waals surface area contributed by atoms with Crippen molar-refractivity contribution >= 4 is 12.2 Å². The first-order valence-electron chi connectivity index (χ1n) is 6.67. The Labute approximate surface area is 123 Å². The van der Waals surface area contributed by atoms with Crippen LogP contribution >= 0.6 is 0 Å². The van der Waals surface area contributed by atoms with Crippen molar-refractivity contribution in [2.45, 2.75) is 12.5 Å². The van der Waals surface area contributed by atoms with E-state index < -0.39 is 6.04 Å². The Kier molecular flexibility index (Phi) is 5.10. The fourth-order valence-electron chi connectivity index (χ4n) is 2.08. The predicted octanol–water partition coefficient (Wildman–Crippen LogP) is 2.24. The van der Waals surface area contributed by atoms with Gasteiger partial charge in [0.1, 0.15) is 12.0 Å². The Bertz CT molecular complexity index is 610. The molecule has 2 aromatic rings. The van der Waals surface area contributed by atoms with Crippen molar-refractivity contribution in [1.82, 2.24) is 5.32 Å². The Hall–Kier alpha value is -2.62. The first-order chi connectivity index (χ1) is 10.2. The number of rotatable bonds is 6. The number of benzene rings is 2. The summed E-state index contributed by atoms with van der Waals surface area (Å²) in [5, 5.41) is 2.72. The van der Waals surface area contributed by atoms with Crippen LogP contribution in [0.5, 0.6) is 5.75 Å². The van der Waals surface area contributed by atoms with Gasteiger partial charge in [-0.1, -0.05) is 42.5 Å². The largest absolute Gasteiger partial charge is 0.496 e. The van der Waals surface area contributed by atoms with Gasteiger partial charge in [-0.15, -0.1) is 0 Å². The summed E-state index contributed by atoms with van der Waals surface area (Å²) < 4.78 is 5.15. The fourth-order valence-corrected chi connectivity index (χ4v) is 2.08. The van der Waals surface area contributed by atoms with E-state index in [0.29, 0.717) is 17.7 Å². The molecule has 1 amide bonds. The topological polar surface area (TPSA) is 55.4 Å². The van der Waals surface area contributed by atoms with Crippen molar-refractivity contribution in [2.24, 2.45) is 0 Å². The number of carbonyl (C=O) groups excluding carboxylic acids is 2. The van der Waals surface area contributed by atoms with Gasteiger partial charge in [0.05, 0.1) is 18.7 Å². The summed E-state index contributed by atoms with van der Waals surface area (Å²) in [5.74, 6) is 0.167. The van der Waals surface area contributed by atoms with Gasteiger partial charge in [0.15, 0.2) is 0 Å². The summed E-state index contributed by atoms with van der Waals surface area (Å²) in [6, 6.07) is 15.9. The van der Waals surface area contributed by atoms with Crippen molar-refractivity contribution in [1.29, 1.82) is 0 Å². The second-order valence-electron chi connectivity index (χ2n) is 4.61. The minimum absolute atomic E-state index is 0.319. The highest BCUT2D eigenvalue weighted by atomic mass is 16.5. The maximum absolute atomic E-state index is 12.2. The Balaban J connectivity index is 2.08. The second kappa shape index (κ2) is 7.24. The van der Waals surface area contributed by atoms with Crippen LogP contribution in [0.2, 0.25) is 0 Å². The highest BCUT2D eigenvalue weighted by molar-refractivity contribution is 5.98. The average molecular weight is 283 g/mol. The molecule has 2 aromatic carbocycles. The molecule has 0 saturated heterocycles. The molecule has 4 nitrogen and oxygen atoms in total. The molecule has 0 heterocycles. The molecule has 0 fully saturated rings. The molecule has 1 unspecified atom stereocenters. The lowest BCUT2D eigenvalue weighted by Crippen LogP contribution is -2.37. The third kappa shape index (κ3) is 3.92. The number of para-hydroxylation sites is 1. The fraction of sp³-hybridized carbons (Fsp3) is 0.176. The van der Waals surface area contributed by atoms with E-state index >= 15 is 0 Å². The maximum atomic E-state index is 12.2. The molecular weight excluding hydrogens is 266 g/mol. The monoisotopic (exact) mass is 283 g/mol. The second-order valence-corrected chi connectivity index (χ2v) is 4.61. The quantitative estimate of drug-likeness (QED) is 0.827. The molecule has 0 radical (unpaired) electrons. The van der Waals surface area contributed by atoms with Crippen LogP contribution in [0.4, 0.5) is 0 Å². The van der Waals surface area contributed by atoms with Crippen LogP contribution in [0.3, 0.4) is 0 Å². The first kappa shape index (κ1) is 14.8. The lowest BCUT2D eigenvalue weighted by Gasteiger charge is -2.14. The van der Waals surface area contributed by atoms with E-state index in [9.17, 15) is 9.59 Å². The summed E-state index contributed by atoms with van der Waals surface area (Å²) in [5.41, 5.74) is 1.41. The molecule has 0 aliphatic heterocycles. The Morgan fingerprint density at radius 1 is 1.14 bits per heavy atom. The average Bonchev–Trinajstić information content (AvgIpc) is 2.55. The molecule has 108 valence electrons. The van der Waals surface area contributed by atoms with E-state index in [4.69, 9.17) is 4.74 Å². The van der Waals surface area contributed by atoms with E-state index in [1.807, 2.05) is 30.3 Å². The van der Waals surface area contributed by atoms with Gasteiger partial charge in [-0.2, -0.15) is 0 Å². The maximum Gasteiger partial charge on any atom is 0.255 e. The van der Waals surface area contributed by atoms with Crippen LogP contribution in [-0.2, 0) is 11.2 Å². The van der Waals surface area contributed by atoms with Gasteiger partial charge in [-0.3, -0.25) is 4.79 Å². The number of nitrogens with one attached hydrogen (secondary N) is 1. The van der Waals surface area contributed by atoms with Gasteiger partial charge >= 0.3 is 0 Å². The molecule has 1 atom stereocenters. The van der Waals surface area contributed by atoms with E-state index in [1.54, 1.807) is 24.3 Å². The lowest BCUT2D eigenvalue weighted by molar-refractivity contribution is -0.109. The molecule has 1 N–H and O–H groups in total. The zero-order valence-corrected chi connectivity index (χ0v) is 11.8. The molecule has 0 aliphatic carbocycles. The molecule has 0 bridgehead atoms. The number of hydrogen-bond donors (Lipinski definition) is 1. The van der Waals surface area contributed by atoms with Crippen LogP contribution in [0, 0.1) is 0 Å². The van der Waals surface area contributed by atoms with Gasteiger partial charge in [0, 0.05) is 0 Å². The van der Waals surface area contributed by atoms with Gasteiger partial charge in [0.2, 0.25) is 0 Å². The summed E-state index contributed by atoms with van der Waals surface area (Å²) in [7, 11) is 1.51. The predicted molar refractivity (Wildman–Crippen MR) is 80.5 cm³/mol. The standard InChI is InChI=1S/C17H17NO3/c1-21-16-10-6-5-9-15(16)17(20)18-14(12-19)11-13-7-3-2-4-8-13/h2-10,12,14H,11H2,1H3,(H,18,20). The van der Waals surface area contributed by atoms with Gasteiger partial charge in [0.25, 0.3) is 5.91 Å². The number of amides is 1. The molecule has 0 aliphatic rings. The molecule has 4 heteroatoms. The van der Waals surface area contributed by atoms with Crippen molar-refractivity contribution in [3.8, 4) is 5.75 Å². The van der Waals surface area contributed by atoms with Crippen LogP contribution in [0.15, 0.2) is 54.6 Å². The minimum Gasteiger partial charge on any atom is -0.496 e. The van der Waals surface area contributed by atoms with Gasteiger partial charge < -0.3 is 14.8 Å². The van der Waals surface area contributed by atoms with Crippen molar-refractivity contribution < 1.29 is 14.3 Å². The summed E-state index contributed by atoms with van der Waals surface area (Å²) in [4.78, 5) is 23.4. The summed E-state index contributed by atoms with van der Waals surface area (Å²) >= 11 is 0. The third-order valence-corrected chi connectivity index (χ3v) is 3.13. The zero-order valence-electron chi connectivity index (χ0n) is 11.8. The van der Waals surface area contributed by atoms with E-state index in [-0.39, 0.29) is 5.91 Å². The minimum atomic E-state index is -0.565. The summed E-state index contributed by atoms with van der Waals surface area (Å²) in [6.45, 7) is 0. The molecule has 2 rings (SSSR count). The first-order valence-corrected chi connectivity index (χ1v) is 6.67. The Morgan fingerprint density at radius 3 is 2.48 bits per heavy atom. The number of aldehydes is 1. The van der Waals surface area contributed by atoms with Crippen LogP contribution < -0.4 is 10.1 Å². The van der Waals surface area contributed by atoms with E-state index in [1.165, 1.54) is 7.11 Å². The molecule has 0 spiro atoms. The number of carbonyl (C=O) groups is 2. The van der Waals surface area contributed by atoms with Gasteiger partial charge in [-0.05, 0) is 24.1 Å². The normalized spacial score (nSPS) is 11.5. The molecular formula is C17H17NO3. The SMILES string of the molecule is COc1ccccc1C(=O)NC(C=O)Cc1ccccc1.